The van der Waals surface area contributed by atoms with E-state index in [1.165, 1.54) is 14.2 Å². The van der Waals surface area contributed by atoms with E-state index in [0.29, 0.717) is 11.3 Å². The molecule has 0 bridgehead atoms. The van der Waals surface area contributed by atoms with Crippen molar-refractivity contribution in [1.29, 1.82) is 0 Å². The number of carbonyl (C=O) groups is 2. The summed E-state index contributed by atoms with van der Waals surface area (Å²) in [5.41, 5.74) is 1.04. The number of hydrogen-bond acceptors (Lipinski definition) is 8. The molecule has 0 amide bonds. The summed E-state index contributed by atoms with van der Waals surface area (Å²) < 4.78 is 13.5. The van der Waals surface area contributed by atoms with Gasteiger partial charge in [-0.3, -0.25) is 9.51 Å². The van der Waals surface area contributed by atoms with E-state index in [0.717, 1.165) is 6.08 Å². The largest absolute Gasteiger partial charge is 0.466 e. The summed E-state index contributed by atoms with van der Waals surface area (Å²) in [6.45, 7) is 0. The predicted molar refractivity (Wildman–Crippen MR) is 78.3 cm³/mol. The van der Waals surface area contributed by atoms with Gasteiger partial charge >= 0.3 is 17.7 Å². The van der Waals surface area contributed by atoms with Crippen molar-refractivity contribution in [1.82, 2.24) is 10.1 Å². The standard InChI is InChI=1S/C14H13N3O6/c1-21-11(18)7-10(13(19)22-2)15-9-5-3-8(4-6-9)12-16-14(20)23-17-12/h3-7,15H,1-2H3,(H,16,17,20)/b10-7+. The fourth-order valence-electron chi connectivity index (χ4n) is 1.65. The Morgan fingerprint density at radius 1 is 1.22 bits per heavy atom. The molecular weight excluding hydrogens is 306 g/mol. The quantitative estimate of drug-likeness (QED) is 0.609. The normalized spacial score (nSPS) is 11.0. The molecule has 1 heterocycles. The first-order valence-electron chi connectivity index (χ1n) is 6.35. The Morgan fingerprint density at radius 2 is 1.91 bits per heavy atom. The zero-order valence-electron chi connectivity index (χ0n) is 12.3. The van der Waals surface area contributed by atoms with E-state index in [1.807, 2.05) is 0 Å². The number of H-pyrrole nitrogens is 1. The van der Waals surface area contributed by atoms with Crippen molar-refractivity contribution in [2.45, 2.75) is 0 Å². The summed E-state index contributed by atoms with van der Waals surface area (Å²) >= 11 is 0. The minimum Gasteiger partial charge on any atom is -0.466 e. The Morgan fingerprint density at radius 3 is 2.43 bits per heavy atom. The molecule has 9 nitrogen and oxygen atoms in total. The van der Waals surface area contributed by atoms with Gasteiger partial charge in [0.1, 0.15) is 5.70 Å². The van der Waals surface area contributed by atoms with Crippen LogP contribution in [0.15, 0.2) is 45.4 Å². The van der Waals surface area contributed by atoms with E-state index < -0.39 is 17.7 Å². The van der Waals surface area contributed by atoms with Crippen LogP contribution in [0.25, 0.3) is 11.4 Å². The van der Waals surface area contributed by atoms with E-state index in [-0.39, 0.29) is 11.5 Å². The van der Waals surface area contributed by atoms with Gasteiger partial charge in [-0.25, -0.2) is 14.4 Å². The summed E-state index contributed by atoms with van der Waals surface area (Å²) in [4.78, 5) is 36.2. The monoisotopic (exact) mass is 319 g/mol. The number of aromatic amines is 1. The molecule has 0 fully saturated rings. The molecule has 0 aliphatic rings. The number of carbonyl (C=O) groups excluding carboxylic acids is 2. The summed E-state index contributed by atoms with van der Waals surface area (Å²) in [6, 6.07) is 6.53. The third kappa shape index (κ3) is 4.06. The maximum absolute atomic E-state index is 11.6. The number of ether oxygens (including phenoxy) is 2. The Balaban J connectivity index is 2.20. The summed E-state index contributed by atoms with van der Waals surface area (Å²) in [5.74, 6) is -1.80. The van der Waals surface area contributed by atoms with Crippen LogP contribution in [0.2, 0.25) is 0 Å². The van der Waals surface area contributed by atoms with Crippen molar-refractivity contribution in [2.24, 2.45) is 0 Å². The molecule has 1 aromatic heterocycles. The van der Waals surface area contributed by atoms with Crippen molar-refractivity contribution in [3.63, 3.8) is 0 Å². The first-order chi connectivity index (χ1) is 11.0. The molecule has 2 rings (SSSR count). The first kappa shape index (κ1) is 16.0. The molecular formula is C14H13N3O6. The highest BCUT2D eigenvalue weighted by atomic mass is 16.5. The van der Waals surface area contributed by atoms with Gasteiger partial charge in [-0.1, -0.05) is 5.16 Å². The topological polar surface area (TPSA) is 124 Å². The lowest BCUT2D eigenvalue weighted by atomic mass is 10.2. The minimum atomic E-state index is -0.722. The van der Waals surface area contributed by atoms with Crippen LogP contribution in [0.3, 0.4) is 0 Å². The van der Waals surface area contributed by atoms with Gasteiger partial charge in [-0.2, -0.15) is 0 Å². The molecule has 0 saturated heterocycles. The Labute approximate surface area is 129 Å². The summed E-state index contributed by atoms with van der Waals surface area (Å²) in [7, 11) is 2.39. The molecule has 0 unspecified atom stereocenters. The molecule has 9 heteroatoms. The van der Waals surface area contributed by atoms with Gasteiger partial charge in [0, 0.05) is 11.3 Å². The molecule has 120 valence electrons. The highest BCUT2D eigenvalue weighted by Gasteiger charge is 2.13. The SMILES string of the molecule is COC(=O)/C=C(/Nc1ccc(-c2noc(=O)[nH]2)cc1)C(=O)OC. The maximum Gasteiger partial charge on any atom is 0.439 e. The van der Waals surface area contributed by atoms with Gasteiger partial charge in [0.15, 0.2) is 5.82 Å². The number of benzene rings is 1. The van der Waals surface area contributed by atoms with Crippen molar-refractivity contribution in [2.75, 3.05) is 19.5 Å². The second-order valence-corrected chi connectivity index (χ2v) is 4.22. The van der Waals surface area contributed by atoms with E-state index >= 15 is 0 Å². The van der Waals surface area contributed by atoms with E-state index in [4.69, 9.17) is 0 Å². The average molecular weight is 319 g/mol. The van der Waals surface area contributed by atoms with Crippen LogP contribution in [-0.4, -0.2) is 36.3 Å². The zero-order valence-corrected chi connectivity index (χ0v) is 12.3. The lowest BCUT2D eigenvalue weighted by Crippen LogP contribution is -2.15. The lowest BCUT2D eigenvalue weighted by molar-refractivity contribution is -0.138. The summed E-state index contributed by atoms with van der Waals surface area (Å²) in [6.07, 6.45) is 0.981. The minimum absolute atomic E-state index is 0.0815. The van der Waals surface area contributed by atoms with Crippen LogP contribution >= 0.6 is 0 Å². The molecule has 0 radical (unpaired) electrons. The summed E-state index contributed by atoms with van der Waals surface area (Å²) in [5, 5.41) is 6.31. The Hall–Kier alpha value is -3.36. The van der Waals surface area contributed by atoms with Crippen molar-refractivity contribution >= 4 is 17.6 Å². The van der Waals surface area contributed by atoms with E-state index in [9.17, 15) is 14.4 Å². The smallest absolute Gasteiger partial charge is 0.439 e. The second-order valence-electron chi connectivity index (χ2n) is 4.22. The number of esters is 2. The van der Waals surface area contributed by atoms with Gasteiger partial charge < -0.3 is 14.8 Å². The van der Waals surface area contributed by atoms with Crippen LogP contribution < -0.4 is 11.1 Å². The van der Waals surface area contributed by atoms with Crippen LogP contribution in [-0.2, 0) is 19.1 Å². The molecule has 0 atom stereocenters. The first-order valence-corrected chi connectivity index (χ1v) is 6.35. The van der Waals surface area contributed by atoms with E-state index in [1.54, 1.807) is 24.3 Å². The molecule has 1 aromatic carbocycles. The van der Waals surface area contributed by atoms with Crippen molar-refractivity contribution < 1.29 is 23.6 Å². The zero-order chi connectivity index (χ0) is 16.8. The molecule has 0 aliphatic carbocycles. The molecule has 0 spiro atoms. The lowest BCUT2D eigenvalue weighted by Gasteiger charge is -2.09. The van der Waals surface area contributed by atoms with Gasteiger partial charge in [0.2, 0.25) is 0 Å². The maximum atomic E-state index is 11.6. The number of aromatic nitrogens is 2. The molecule has 0 aliphatic heterocycles. The molecule has 0 saturated carbocycles. The second kappa shape index (κ2) is 7.07. The number of nitrogens with one attached hydrogen (secondary N) is 2. The van der Waals surface area contributed by atoms with E-state index in [2.05, 4.69) is 29.5 Å². The highest BCUT2D eigenvalue weighted by molar-refractivity contribution is 5.98. The number of rotatable bonds is 5. The van der Waals surface area contributed by atoms with Gasteiger partial charge in [0.05, 0.1) is 20.3 Å². The van der Waals surface area contributed by atoms with Crippen molar-refractivity contribution in [3.8, 4) is 11.4 Å². The predicted octanol–water partition coefficient (Wildman–Crippen LogP) is 0.672. The van der Waals surface area contributed by atoms with Crippen LogP contribution in [0.5, 0.6) is 0 Å². The van der Waals surface area contributed by atoms with Gasteiger partial charge in [-0.15, -0.1) is 0 Å². The fraction of sp³-hybridized carbons (Fsp3) is 0.143. The Kier molecular flexibility index (Phi) is 4.92. The number of nitrogens with zero attached hydrogens (tertiary/aromatic N) is 1. The number of anilines is 1. The van der Waals surface area contributed by atoms with Gasteiger partial charge in [0.25, 0.3) is 0 Å². The molecule has 2 N–H and O–H groups in total. The van der Waals surface area contributed by atoms with Gasteiger partial charge in [-0.05, 0) is 24.3 Å². The third-order valence-electron chi connectivity index (χ3n) is 2.75. The van der Waals surface area contributed by atoms with Crippen LogP contribution in [0.1, 0.15) is 0 Å². The average Bonchev–Trinajstić information content (AvgIpc) is 3.00. The molecule has 2 aromatic rings. The number of hydrogen-bond donors (Lipinski definition) is 2. The number of methoxy groups -OCH3 is 2. The van der Waals surface area contributed by atoms with Crippen LogP contribution in [0.4, 0.5) is 5.69 Å². The fourth-order valence-corrected chi connectivity index (χ4v) is 1.65. The molecule has 23 heavy (non-hydrogen) atoms. The Bertz CT molecular complexity index is 787. The highest BCUT2D eigenvalue weighted by Crippen LogP contribution is 2.18. The van der Waals surface area contributed by atoms with Crippen LogP contribution in [0, 0.1) is 0 Å². The third-order valence-corrected chi connectivity index (χ3v) is 2.75. The van der Waals surface area contributed by atoms with Crippen molar-refractivity contribution in [3.05, 3.63) is 46.6 Å².